The lowest BCUT2D eigenvalue weighted by Gasteiger charge is -2.39. The number of aliphatic carboxylic acids is 1. The molecule has 1 fully saturated rings. The van der Waals surface area contributed by atoms with Gasteiger partial charge >= 0.3 is 5.97 Å². The standard InChI is InChI=1S/C18H27NO2/c1-13-7-5-8-15(14(13)2)11-19-10-6-9-16(12-19)18(3,4)17(20)21/h5,7-8,16H,6,9-12H2,1-4H3,(H,20,21). The third-order valence-corrected chi connectivity index (χ3v) is 5.19. The third-order valence-electron chi connectivity index (χ3n) is 5.19. The number of piperidine rings is 1. The van der Waals surface area contributed by atoms with Crippen molar-refractivity contribution in [2.45, 2.75) is 47.1 Å². The van der Waals surface area contributed by atoms with E-state index in [1.165, 1.54) is 16.7 Å². The number of nitrogens with zero attached hydrogens (tertiary/aromatic N) is 1. The zero-order valence-electron chi connectivity index (χ0n) is 13.6. The molecule has 3 nitrogen and oxygen atoms in total. The second-order valence-electron chi connectivity index (χ2n) is 6.96. The maximum Gasteiger partial charge on any atom is 0.309 e. The molecule has 0 radical (unpaired) electrons. The van der Waals surface area contributed by atoms with E-state index in [9.17, 15) is 9.90 Å². The van der Waals surface area contributed by atoms with E-state index in [0.717, 1.165) is 32.5 Å². The predicted octanol–water partition coefficient (Wildman–Crippen LogP) is 3.63. The fourth-order valence-corrected chi connectivity index (χ4v) is 3.19. The van der Waals surface area contributed by atoms with E-state index in [-0.39, 0.29) is 5.92 Å². The van der Waals surface area contributed by atoms with Gasteiger partial charge in [0.1, 0.15) is 0 Å². The number of carbonyl (C=O) groups is 1. The number of benzene rings is 1. The quantitative estimate of drug-likeness (QED) is 0.920. The minimum Gasteiger partial charge on any atom is -0.481 e. The molecule has 1 heterocycles. The summed E-state index contributed by atoms with van der Waals surface area (Å²) in [6.07, 6.45) is 2.11. The smallest absolute Gasteiger partial charge is 0.309 e. The van der Waals surface area contributed by atoms with Crippen molar-refractivity contribution < 1.29 is 9.90 Å². The predicted molar refractivity (Wildman–Crippen MR) is 85.3 cm³/mol. The molecule has 21 heavy (non-hydrogen) atoms. The van der Waals surface area contributed by atoms with E-state index in [1.54, 1.807) is 0 Å². The van der Waals surface area contributed by atoms with Crippen molar-refractivity contribution in [3.05, 3.63) is 34.9 Å². The first-order valence-corrected chi connectivity index (χ1v) is 7.83. The molecule has 1 aromatic carbocycles. The fraction of sp³-hybridized carbons (Fsp3) is 0.611. The molecule has 0 saturated carbocycles. The third kappa shape index (κ3) is 3.46. The number of likely N-dealkylation sites (tertiary alicyclic amines) is 1. The molecule has 0 spiro atoms. The molecule has 1 aliphatic rings. The van der Waals surface area contributed by atoms with Gasteiger partial charge in [0.05, 0.1) is 5.41 Å². The zero-order valence-corrected chi connectivity index (χ0v) is 13.6. The number of aryl methyl sites for hydroxylation is 1. The Morgan fingerprint density at radius 2 is 2.10 bits per heavy atom. The summed E-state index contributed by atoms with van der Waals surface area (Å²) in [5, 5.41) is 9.43. The van der Waals surface area contributed by atoms with Crippen LogP contribution in [-0.4, -0.2) is 29.1 Å². The number of carboxylic acid groups (broad SMARTS) is 1. The van der Waals surface area contributed by atoms with Crippen LogP contribution in [0.3, 0.4) is 0 Å². The zero-order chi connectivity index (χ0) is 15.6. The Kier molecular flexibility index (Phi) is 4.72. The maximum atomic E-state index is 11.5. The minimum atomic E-state index is -0.680. The van der Waals surface area contributed by atoms with Crippen LogP contribution in [0, 0.1) is 25.2 Å². The molecule has 2 rings (SSSR count). The molecule has 0 bridgehead atoms. The van der Waals surface area contributed by atoms with Gasteiger partial charge in [-0.1, -0.05) is 18.2 Å². The molecular weight excluding hydrogens is 262 g/mol. The van der Waals surface area contributed by atoms with E-state index in [1.807, 2.05) is 13.8 Å². The van der Waals surface area contributed by atoms with Crippen LogP contribution in [-0.2, 0) is 11.3 Å². The van der Waals surface area contributed by atoms with E-state index in [4.69, 9.17) is 0 Å². The van der Waals surface area contributed by atoms with Crippen LogP contribution in [0.2, 0.25) is 0 Å². The lowest BCUT2D eigenvalue weighted by atomic mass is 9.74. The van der Waals surface area contributed by atoms with Crippen molar-refractivity contribution >= 4 is 5.97 Å². The Balaban J connectivity index is 2.08. The van der Waals surface area contributed by atoms with Crippen molar-refractivity contribution in [2.24, 2.45) is 11.3 Å². The average Bonchev–Trinajstić information content (AvgIpc) is 2.44. The maximum absolute atomic E-state index is 11.5. The van der Waals surface area contributed by atoms with Gasteiger partial charge in [0.15, 0.2) is 0 Å². The van der Waals surface area contributed by atoms with Crippen molar-refractivity contribution in [3.63, 3.8) is 0 Å². The van der Waals surface area contributed by atoms with Crippen LogP contribution < -0.4 is 0 Å². The van der Waals surface area contributed by atoms with Crippen LogP contribution in [0.5, 0.6) is 0 Å². The average molecular weight is 289 g/mol. The Labute approximate surface area is 128 Å². The highest BCUT2D eigenvalue weighted by atomic mass is 16.4. The van der Waals surface area contributed by atoms with E-state index in [0.29, 0.717) is 0 Å². The fourth-order valence-electron chi connectivity index (χ4n) is 3.19. The highest BCUT2D eigenvalue weighted by molar-refractivity contribution is 5.74. The van der Waals surface area contributed by atoms with Gasteiger partial charge in [0, 0.05) is 13.1 Å². The summed E-state index contributed by atoms with van der Waals surface area (Å²) in [4.78, 5) is 13.9. The largest absolute Gasteiger partial charge is 0.481 e. The molecule has 1 unspecified atom stereocenters. The summed E-state index contributed by atoms with van der Waals surface area (Å²) in [5.41, 5.74) is 3.41. The van der Waals surface area contributed by atoms with Crippen LogP contribution in [0.1, 0.15) is 43.4 Å². The molecule has 116 valence electrons. The first-order valence-electron chi connectivity index (χ1n) is 7.83. The number of hydrogen-bond donors (Lipinski definition) is 1. The Morgan fingerprint density at radius 3 is 2.76 bits per heavy atom. The molecule has 1 N–H and O–H groups in total. The first kappa shape index (κ1) is 16.0. The van der Waals surface area contributed by atoms with Crippen LogP contribution in [0.15, 0.2) is 18.2 Å². The van der Waals surface area contributed by atoms with Crippen molar-refractivity contribution in [2.75, 3.05) is 13.1 Å². The summed E-state index contributed by atoms with van der Waals surface area (Å²) in [7, 11) is 0. The molecule has 0 amide bonds. The molecule has 3 heteroatoms. The first-order chi connectivity index (χ1) is 9.82. The summed E-state index contributed by atoms with van der Waals surface area (Å²) in [6, 6.07) is 6.44. The van der Waals surface area contributed by atoms with Gasteiger partial charge in [-0.25, -0.2) is 0 Å². The molecule has 0 aliphatic carbocycles. The van der Waals surface area contributed by atoms with Crippen molar-refractivity contribution in [1.82, 2.24) is 4.90 Å². The molecule has 1 atom stereocenters. The molecule has 0 aromatic heterocycles. The SMILES string of the molecule is Cc1cccc(CN2CCCC(C(C)(C)C(=O)O)C2)c1C. The summed E-state index contributed by atoms with van der Waals surface area (Å²) in [6.45, 7) is 10.9. The summed E-state index contributed by atoms with van der Waals surface area (Å²) < 4.78 is 0. The van der Waals surface area contributed by atoms with Gasteiger partial charge in [-0.2, -0.15) is 0 Å². The Bertz CT molecular complexity index is 522. The lowest BCUT2D eigenvalue weighted by molar-refractivity contribution is -0.151. The van der Waals surface area contributed by atoms with Gasteiger partial charge in [-0.05, 0) is 69.7 Å². The number of hydrogen-bond acceptors (Lipinski definition) is 2. The van der Waals surface area contributed by atoms with E-state index in [2.05, 4.69) is 36.9 Å². The van der Waals surface area contributed by atoms with Crippen molar-refractivity contribution in [3.8, 4) is 0 Å². The van der Waals surface area contributed by atoms with Crippen LogP contribution in [0.25, 0.3) is 0 Å². The topological polar surface area (TPSA) is 40.5 Å². The van der Waals surface area contributed by atoms with Gasteiger partial charge in [0.25, 0.3) is 0 Å². The Morgan fingerprint density at radius 1 is 1.38 bits per heavy atom. The highest BCUT2D eigenvalue weighted by Crippen LogP contribution is 2.34. The minimum absolute atomic E-state index is 0.230. The second kappa shape index (κ2) is 6.18. The summed E-state index contributed by atoms with van der Waals surface area (Å²) in [5.74, 6) is -0.449. The molecule has 1 saturated heterocycles. The monoisotopic (exact) mass is 289 g/mol. The van der Waals surface area contributed by atoms with Gasteiger partial charge in [0.2, 0.25) is 0 Å². The normalized spacial score (nSPS) is 20.5. The van der Waals surface area contributed by atoms with E-state index < -0.39 is 11.4 Å². The molecule has 1 aliphatic heterocycles. The highest BCUT2D eigenvalue weighted by Gasteiger charge is 2.38. The molecule has 1 aromatic rings. The Hall–Kier alpha value is -1.35. The van der Waals surface area contributed by atoms with Gasteiger partial charge in [-0.15, -0.1) is 0 Å². The van der Waals surface area contributed by atoms with Gasteiger partial charge < -0.3 is 5.11 Å². The van der Waals surface area contributed by atoms with Crippen LogP contribution in [0.4, 0.5) is 0 Å². The second-order valence-corrected chi connectivity index (χ2v) is 6.96. The summed E-state index contributed by atoms with van der Waals surface area (Å²) >= 11 is 0. The van der Waals surface area contributed by atoms with Crippen LogP contribution >= 0.6 is 0 Å². The number of rotatable bonds is 4. The van der Waals surface area contributed by atoms with E-state index >= 15 is 0 Å². The van der Waals surface area contributed by atoms with Gasteiger partial charge in [-0.3, -0.25) is 9.69 Å². The molecular formula is C18H27NO2. The van der Waals surface area contributed by atoms with Crippen molar-refractivity contribution in [1.29, 1.82) is 0 Å². The number of carboxylic acids is 1. The lowest BCUT2D eigenvalue weighted by Crippen LogP contribution is -2.44.